The smallest absolute Gasteiger partial charge is 0.407 e. The summed E-state index contributed by atoms with van der Waals surface area (Å²) in [4.78, 5) is 15.9. The maximum absolute atomic E-state index is 11.5. The van der Waals surface area contributed by atoms with Crippen molar-refractivity contribution in [3.8, 4) is 0 Å². The van der Waals surface area contributed by atoms with Crippen molar-refractivity contribution in [1.82, 2.24) is 16.0 Å². The van der Waals surface area contributed by atoms with E-state index in [4.69, 9.17) is 4.74 Å². The van der Waals surface area contributed by atoms with Gasteiger partial charge in [0.25, 0.3) is 0 Å². The molecule has 8 nitrogen and oxygen atoms in total. The average molecular weight is 490 g/mol. The molecule has 0 radical (unpaired) electrons. The van der Waals surface area contributed by atoms with E-state index in [0.29, 0.717) is 38.4 Å². The Labute approximate surface area is 167 Å². The van der Waals surface area contributed by atoms with Crippen LogP contribution in [-0.4, -0.2) is 63.3 Å². The maximum atomic E-state index is 11.5. The van der Waals surface area contributed by atoms with Crippen LogP contribution in [0.15, 0.2) is 4.99 Å². The standard InChI is InChI=1S/C15H30N4O4S.HI/c1-5-16-13(19-12-7-10-24(21,22)11-12)17-8-6-9-18-14(20)23-15(2,3)4;/h12H,5-11H2,1-4H3,(H,18,20)(H2,16,17,19);1H. The Hall–Kier alpha value is -0.780. The molecule has 1 fully saturated rings. The van der Waals surface area contributed by atoms with Crippen LogP contribution < -0.4 is 16.0 Å². The molecular formula is C15H31IN4O4S. The van der Waals surface area contributed by atoms with Crippen LogP contribution in [0.2, 0.25) is 0 Å². The van der Waals surface area contributed by atoms with E-state index in [1.54, 1.807) is 0 Å². The average Bonchev–Trinajstić information content (AvgIpc) is 2.75. The molecule has 25 heavy (non-hydrogen) atoms. The second kappa shape index (κ2) is 11.0. The summed E-state index contributed by atoms with van der Waals surface area (Å²) in [6, 6.07) is -0.0901. The molecule has 0 aromatic heterocycles. The number of carbonyl (C=O) groups excluding carboxylic acids is 1. The number of sulfone groups is 1. The van der Waals surface area contributed by atoms with E-state index in [9.17, 15) is 13.2 Å². The molecule has 1 saturated heterocycles. The summed E-state index contributed by atoms with van der Waals surface area (Å²) in [6.07, 6.45) is 0.832. The Balaban J connectivity index is 0.00000576. The lowest BCUT2D eigenvalue weighted by molar-refractivity contribution is 0.0527. The van der Waals surface area contributed by atoms with Crippen molar-refractivity contribution in [3.05, 3.63) is 0 Å². The third kappa shape index (κ3) is 11.4. The molecule has 0 bridgehead atoms. The Kier molecular flexibility index (Phi) is 10.7. The number of hydrogen-bond donors (Lipinski definition) is 3. The summed E-state index contributed by atoms with van der Waals surface area (Å²) in [7, 11) is -2.92. The van der Waals surface area contributed by atoms with Gasteiger partial charge in [0.1, 0.15) is 5.60 Å². The summed E-state index contributed by atoms with van der Waals surface area (Å²) in [5, 5.41) is 8.93. The highest BCUT2D eigenvalue weighted by Crippen LogP contribution is 2.11. The molecule has 1 atom stereocenters. The van der Waals surface area contributed by atoms with Gasteiger partial charge in [-0.3, -0.25) is 4.99 Å². The summed E-state index contributed by atoms with van der Waals surface area (Å²) in [6.45, 7) is 9.08. The highest BCUT2D eigenvalue weighted by Gasteiger charge is 2.28. The number of alkyl carbamates (subject to hydrolysis) is 1. The topological polar surface area (TPSA) is 109 Å². The number of nitrogens with zero attached hydrogens (tertiary/aromatic N) is 1. The fourth-order valence-corrected chi connectivity index (χ4v) is 3.87. The first-order chi connectivity index (χ1) is 11.1. The Morgan fingerprint density at radius 2 is 1.96 bits per heavy atom. The Morgan fingerprint density at radius 1 is 1.28 bits per heavy atom. The van der Waals surface area contributed by atoms with Crippen molar-refractivity contribution in [1.29, 1.82) is 0 Å². The van der Waals surface area contributed by atoms with Crippen molar-refractivity contribution < 1.29 is 17.9 Å². The van der Waals surface area contributed by atoms with Gasteiger partial charge in [0.15, 0.2) is 15.8 Å². The molecule has 148 valence electrons. The molecule has 1 rings (SSSR count). The van der Waals surface area contributed by atoms with Crippen LogP contribution in [0.3, 0.4) is 0 Å². The summed E-state index contributed by atoms with van der Waals surface area (Å²) in [5.74, 6) is 0.985. The highest BCUT2D eigenvalue weighted by molar-refractivity contribution is 14.0. The predicted molar refractivity (Wildman–Crippen MR) is 110 cm³/mol. The van der Waals surface area contributed by atoms with Crippen LogP contribution in [0.5, 0.6) is 0 Å². The van der Waals surface area contributed by atoms with E-state index in [1.165, 1.54) is 0 Å². The minimum atomic E-state index is -2.92. The molecule has 10 heteroatoms. The van der Waals surface area contributed by atoms with E-state index < -0.39 is 21.5 Å². The molecule has 1 aliphatic heterocycles. The Bertz CT molecular complexity index is 546. The molecule has 0 aromatic carbocycles. The molecule has 1 aliphatic rings. The lowest BCUT2D eigenvalue weighted by atomic mass is 10.2. The quantitative estimate of drug-likeness (QED) is 0.224. The van der Waals surface area contributed by atoms with Crippen LogP contribution in [0.4, 0.5) is 4.79 Å². The first-order valence-electron chi connectivity index (χ1n) is 8.33. The largest absolute Gasteiger partial charge is 0.444 e. The zero-order chi connectivity index (χ0) is 18.2. The number of amides is 1. The van der Waals surface area contributed by atoms with Gasteiger partial charge in [-0.25, -0.2) is 13.2 Å². The van der Waals surface area contributed by atoms with E-state index in [-0.39, 0.29) is 41.5 Å². The molecule has 0 spiro atoms. The maximum Gasteiger partial charge on any atom is 0.407 e. The minimum absolute atomic E-state index is 0. The molecule has 1 heterocycles. The number of aliphatic imine (C=N–C) groups is 1. The van der Waals surface area contributed by atoms with Gasteiger partial charge < -0.3 is 20.7 Å². The van der Waals surface area contributed by atoms with Gasteiger partial charge in [-0.1, -0.05) is 0 Å². The molecule has 3 N–H and O–H groups in total. The third-order valence-electron chi connectivity index (χ3n) is 3.19. The zero-order valence-corrected chi connectivity index (χ0v) is 18.6. The highest BCUT2D eigenvalue weighted by atomic mass is 127. The number of halogens is 1. The van der Waals surface area contributed by atoms with Crippen molar-refractivity contribution in [2.45, 2.75) is 52.2 Å². The fourth-order valence-electron chi connectivity index (χ4n) is 2.20. The van der Waals surface area contributed by atoms with Crippen molar-refractivity contribution in [2.75, 3.05) is 31.1 Å². The van der Waals surface area contributed by atoms with Crippen molar-refractivity contribution >= 4 is 45.9 Å². The molecular weight excluding hydrogens is 459 g/mol. The lowest BCUT2D eigenvalue weighted by Crippen LogP contribution is -2.44. The van der Waals surface area contributed by atoms with E-state index >= 15 is 0 Å². The fraction of sp³-hybridized carbons (Fsp3) is 0.867. The number of ether oxygens (including phenoxy) is 1. The van der Waals surface area contributed by atoms with Crippen LogP contribution in [0, 0.1) is 0 Å². The van der Waals surface area contributed by atoms with Crippen LogP contribution in [-0.2, 0) is 14.6 Å². The van der Waals surface area contributed by atoms with Crippen LogP contribution in [0.25, 0.3) is 0 Å². The second-order valence-electron chi connectivity index (χ2n) is 6.79. The first-order valence-corrected chi connectivity index (χ1v) is 10.2. The van der Waals surface area contributed by atoms with Gasteiger partial charge in [-0.05, 0) is 40.5 Å². The summed E-state index contributed by atoms with van der Waals surface area (Å²) >= 11 is 0. The van der Waals surface area contributed by atoms with Gasteiger partial charge in [0.2, 0.25) is 0 Å². The second-order valence-corrected chi connectivity index (χ2v) is 9.02. The van der Waals surface area contributed by atoms with Gasteiger partial charge >= 0.3 is 6.09 Å². The molecule has 1 unspecified atom stereocenters. The number of hydrogen-bond acceptors (Lipinski definition) is 5. The minimum Gasteiger partial charge on any atom is -0.444 e. The summed E-state index contributed by atoms with van der Waals surface area (Å²) < 4.78 is 28.1. The van der Waals surface area contributed by atoms with Gasteiger partial charge in [0, 0.05) is 25.7 Å². The number of rotatable bonds is 6. The number of guanidine groups is 1. The van der Waals surface area contributed by atoms with E-state index in [2.05, 4.69) is 20.9 Å². The SMILES string of the molecule is CCNC(=NCCCNC(=O)OC(C)(C)C)NC1CCS(=O)(=O)C1.I. The normalized spacial score (nSPS) is 19.7. The van der Waals surface area contributed by atoms with Gasteiger partial charge in [0.05, 0.1) is 11.5 Å². The number of nitrogens with one attached hydrogen (secondary N) is 3. The Morgan fingerprint density at radius 3 is 2.48 bits per heavy atom. The monoisotopic (exact) mass is 490 g/mol. The third-order valence-corrected chi connectivity index (χ3v) is 4.96. The zero-order valence-electron chi connectivity index (χ0n) is 15.4. The summed E-state index contributed by atoms with van der Waals surface area (Å²) in [5.41, 5.74) is -0.508. The van der Waals surface area contributed by atoms with Crippen molar-refractivity contribution in [2.24, 2.45) is 4.99 Å². The van der Waals surface area contributed by atoms with E-state index in [1.807, 2.05) is 27.7 Å². The van der Waals surface area contributed by atoms with Gasteiger partial charge in [-0.2, -0.15) is 0 Å². The molecule has 1 amide bonds. The van der Waals surface area contributed by atoms with Crippen LogP contribution >= 0.6 is 24.0 Å². The van der Waals surface area contributed by atoms with E-state index in [0.717, 1.165) is 0 Å². The lowest BCUT2D eigenvalue weighted by Gasteiger charge is -2.19. The first kappa shape index (κ1) is 24.2. The molecule has 0 aromatic rings. The number of carbonyl (C=O) groups is 1. The predicted octanol–water partition coefficient (Wildman–Crippen LogP) is 1.26. The molecule has 0 aliphatic carbocycles. The van der Waals surface area contributed by atoms with Crippen molar-refractivity contribution in [3.63, 3.8) is 0 Å². The van der Waals surface area contributed by atoms with Crippen LogP contribution in [0.1, 0.15) is 40.5 Å². The van der Waals surface area contributed by atoms with Gasteiger partial charge in [-0.15, -0.1) is 24.0 Å². The molecule has 0 saturated carbocycles.